The molecule has 0 spiro atoms. The summed E-state index contributed by atoms with van der Waals surface area (Å²) in [5.74, 6) is -0.155. The Kier molecular flexibility index (Phi) is 7.24. The molecule has 0 aliphatic rings. The standard InChI is InChI=1S/C24H20ClN5O3S/c1-16(18-8-12-20(13-9-18)30(32)33)27-28-23(31)15-34-24-26-21-4-2-3-5-22(21)29(24)14-17-6-10-19(25)11-7-17/h2-13H,14-15H2,1H3,(H,28,31)/b27-16-. The number of amides is 1. The van der Waals surface area contributed by atoms with Crippen LogP contribution in [0.4, 0.5) is 5.69 Å². The fraction of sp³-hybridized carbons (Fsp3) is 0.125. The second-order valence-corrected chi connectivity index (χ2v) is 8.80. The number of hydrazone groups is 1. The van der Waals surface area contributed by atoms with Crippen molar-refractivity contribution in [3.05, 3.63) is 99.1 Å². The molecule has 0 aliphatic heterocycles. The van der Waals surface area contributed by atoms with Gasteiger partial charge in [0.1, 0.15) is 0 Å². The van der Waals surface area contributed by atoms with E-state index < -0.39 is 4.92 Å². The third kappa shape index (κ3) is 5.62. The van der Waals surface area contributed by atoms with Gasteiger partial charge >= 0.3 is 0 Å². The van der Waals surface area contributed by atoms with Gasteiger partial charge in [-0.2, -0.15) is 5.10 Å². The minimum atomic E-state index is -0.463. The number of aromatic nitrogens is 2. The summed E-state index contributed by atoms with van der Waals surface area (Å²) in [4.78, 5) is 27.5. The van der Waals surface area contributed by atoms with E-state index in [1.807, 2.05) is 48.5 Å². The second kappa shape index (κ2) is 10.5. The van der Waals surface area contributed by atoms with Crippen molar-refractivity contribution in [2.45, 2.75) is 18.6 Å². The van der Waals surface area contributed by atoms with Crippen LogP contribution in [-0.2, 0) is 11.3 Å². The number of para-hydroxylation sites is 2. The number of nitrogens with one attached hydrogen (secondary N) is 1. The highest BCUT2D eigenvalue weighted by Gasteiger charge is 2.14. The van der Waals surface area contributed by atoms with Crippen LogP contribution < -0.4 is 5.43 Å². The maximum absolute atomic E-state index is 12.4. The van der Waals surface area contributed by atoms with Crippen molar-refractivity contribution in [2.24, 2.45) is 5.10 Å². The maximum Gasteiger partial charge on any atom is 0.269 e. The van der Waals surface area contributed by atoms with Gasteiger partial charge in [0.15, 0.2) is 5.16 Å². The summed E-state index contributed by atoms with van der Waals surface area (Å²) in [7, 11) is 0. The number of nitro groups is 1. The molecule has 0 saturated carbocycles. The lowest BCUT2D eigenvalue weighted by atomic mass is 10.1. The number of nitrogens with zero attached hydrogens (tertiary/aromatic N) is 4. The first-order chi connectivity index (χ1) is 16.4. The van der Waals surface area contributed by atoms with Gasteiger partial charge in [-0.25, -0.2) is 10.4 Å². The number of non-ortho nitro benzene ring substituents is 1. The quantitative estimate of drug-likeness (QED) is 0.156. The molecule has 0 aliphatic carbocycles. The van der Waals surface area contributed by atoms with Crippen LogP contribution in [0.3, 0.4) is 0 Å². The SMILES string of the molecule is C/C(=N/NC(=O)CSc1nc2ccccc2n1Cc1ccc(Cl)cc1)c1ccc([N+](=O)[O-])cc1. The molecule has 4 aromatic rings. The predicted molar refractivity (Wildman–Crippen MR) is 134 cm³/mol. The minimum absolute atomic E-state index is 0.00141. The zero-order chi connectivity index (χ0) is 24.1. The Morgan fingerprint density at radius 3 is 2.53 bits per heavy atom. The topological polar surface area (TPSA) is 102 Å². The summed E-state index contributed by atoms with van der Waals surface area (Å²) in [6.45, 7) is 2.32. The molecule has 1 heterocycles. The summed E-state index contributed by atoms with van der Waals surface area (Å²) in [5, 5.41) is 16.3. The summed E-state index contributed by atoms with van der Waals surface area (Å²) < 4.78 is 2.07. The molecule has 8 nitrogen and oxygen atoms in total. The highest BCUT2D eigenvalue weighted by Crippen LogP contribution is 2.25. The number of benzene rings is 3. The van der Waals surface area contributed by atoms with E-state index in [0.29, 0.717) is 22.8 Å². The molecule has 0 saturated heterocycles. The lowest BCUT2D eigenvalue weighted by Gasteiger charge is -2.09. The maximum atomic E-state index is 12.4. The first-order valence-corrected chi connectivity index (χ1v) is 11.7. The molecular formula is C24H20ClN5O3S. The predicted octanol–water partition coefficient (Wildman–Crippen LogP) is 5.28. The number of rotatable bonds is 8. The Hall–Kier alpha value is -3.69. The molecule has 172 valence electrons. The van der Waals surface area contributed by atoms with E-state index in [0.717, 1.165) is 21.8 Å². The third-order valence-electron chi connectivity index (χ3n) is 5.05. The number of imidazole rings is 1. The molecule has 10 heteroatoms. The zero-order valence-corrected chi connectivity index (χ0v) is 19.7. The van der Waals surface area contributed by atoms with Crippen LogP contribution in [0.15, 0.2) is 83.1 Å². The van der Waals surface area contributed by atoms with Gasteiger partial charge in [-0.3, -0.25) is 14.9 Å². The van der Waals surface area contributed by atoms with E-state index in [2.05, 4.69) is 15.1 Å². The van der Waals surface area contributed by atoms with Gasteiger partial charge in [0, 0.05) is 17.2 Å². The van der Waals surface area contributed by atoms with Crippen LogP contribution in [0, 0.1) is 10.1 Å². The molecule has 3 aromatic carbocycles. The molecule has 34 heavy (non-hydrogen) atoms. The molecule has 1 amide bonds. The molecular weight excluding hydrogens is 474 g/mol. The number of fused-ring (bicyclic) bond motifs is 1. The van der Waals surface area contributed by atoms with Gasteiger partial charge in [-0.1, -0.05) is 47.6 Å². The fourth-order valence-corrected chi connectivity index (χ4v) is 4.22. The number of thioether (sulfide) groups is 1. The van der Waals surface area contributed by atoms with Crippen LogP contribution in [0.2, 0.25) is 5.02 Å². The van der Waals surface area contributed by atoms with Crippen molar-refractivity contribution in [1.29, 1.82) is 0 Å². The average molecular weight is 494 g/mol. The smallest absolute Gasteiger partial charge is 0.269 e. The zero-order valence-electron chi connectivity index (χ0n) is 18.1. The molecule has 0 bridgehead atoms. The highest BCUT2D eigenvalue weighted by atomic mass is 35.5. The van der Waals surface area contributed by atoms with Crippen molar-refractivity contribution >= 4 is 51.7 Å². The van der Waals surface area contributed by atoms with Gasteiger partial charge < -0.3 is 4.57 Å². The van der Waals surface area contributed by atoms with Crippen molar-refractivity contribution in [3.8, 4) is 0 Å². The van der Waals surface area contributed by atoms with Gasteiger partial charge in [-0.15, -0.1) is 0 Å². The van der Waals surface area contributed by atoms with Crippen LogP contribution >= 0.6 is 23.4 Å². The van der Waals surface area contributed by atoms with E-state index in [1.165, 1.54) is 23.9 Å². The Labute approximate surface area is 204 Å². The van der Waals surface area contributed by atoms with E-state index in [1.54, 1.807) is 19.1 Å². The van der Waals surface area contributed by atoms with Crippen molar-refractivity contribution in [2.75, 3.05) is 5.75 Å². The number of halogens is 1. The van der Waals surface area contributed by atoms with E-state index >= 15 is 0 Å². The van der Waals surface area contributed by atoms with Crippen molar-refractivity contribution in [3.63, 3.8) is 0 Å². The number of nitro benzene ring substituents is 1. The van der Waals surface area contributed by atoms with E-state index in [4.69, 9.17) is 16.6 Å². The van der Waals surface area contributed by atoms with E-state index in [-0.39, 0.29) is 17.3 Å². The lowest BCUT2D eigenvalue weighted by Crippen LogP contribution is -2.21. The highest BCUT2D eigenvalue weighted by molar-refractivity contribution is 7.99. The number of hydrogen-bond donors (Lipinski definition) is 1. The van der Waals surface area contributed by atoms with Gasteiger partial charge in [0.05, 0.1) is 34.0 Å². The monoisotopic (exact) mass is 493 g/mol. The molecule has 0 radical (unpaired) electrons. The van der Waals surface area contributed by atoms with E-state index in [9.17, 15) is 14.9 Å². The number of hydrogen-bond acceptors (Lipinski definition) is 6. The lowest BCUT2D eigenvalue weighted by molar-refractivity contribution is -0.384. The minimum Gasteiger partial charge on any atom is -0.314 e. The van der Waals surface area contributed by atoms with Crippen molar-refractivity contribution < 1.29 is 9.72 Å². The molecule has 1 N–H and O–H groups in total. The Morgan fingerprint density at radius 1 is 1.12 bits per heavy atom. The van der Waals surface area contributed by atoms with Crippen molar-refractivity contribution in [1.82, 2.24) is 15.0 Å². The van der Waals surface area contributed by atoms with Crippen LogP contribution in [0.25, 0.3) is 11.0 Å². The first-order valence-electron chi connectivity index (χ1n) is 10.3. The molecule has 1 aromatic heterocycles. The van der Waals surface area contributed by atoms with Crippen LogP contribution in [0.1, 0.15) is 18.1 Å². The summed E-state index contributed by atoms with van der Waals surface area (Å²) in [5.41, 5.74) is 6.67. The molecule has 0 fully saturated rings. The average Bonchev–Trinajstić information content (AvgIpc) is 3.20. The summed E-state index contributed by atoms with van der Waals surface area (Å²) in [6.07, 6.45) is 0. The van der Waals surface area contributed by atoms with Crippen LogP contribution in [-0.4, -0.2) is 31.8 Å². The second-order valence-electron chi connectivity index (χ2n) is 7.42. The summed E-state index contributed by atoms with van der Waals surface area (Å²) >= 11 is 7.34. The summed E-state index contributed by atoms with van der Waals surface area (Å²) in [6, 6.07) is 21.4. The van der Waals surface area contributed by atoms with Gasteiger partial charge in [0.2, 0.25) is 0 Å². The Balaban J connectivity index is 1.44. The molecule has 0 unspecified atom stereocenters. The number of carbonyl (C=O) groups excluding carboxylic acids is 1. The van der Waals surface area contributed by atoms with Gasteiger partial charge in [0.25, 0.3) is 11.6 Å². The molecule has 4 rings (SSSR count). The number of carbonyl (C=O) groups is 1. The first kappa shape index (κ1) is 23.5. The normalized spacial score (nSPS) is 11.5. The van der Waals surface area contributed by atoms with Crippen LogP contribution in [0.5, 0.6) is 0 Å². The largest absolute Gasteiger partial charge is 0.314 e. The Bertz CT molecular complexity index is 1370. The Morgan fingerprint density at radius 2 is 1.82 bits per heavy atom. The van der Waals surface area contributed by atoms with Gasteiger partial charge in [-0.05, 0) is 54.4 Å². The third-order valence-corrected chi connectivity index (χ3v) is 6.28. The molecule has 0 atom stereocenters. The fourth-order valence-electron chi connectivity index (χ4n) is 3.29.